The molecular weight excluding hydrogens is 476 g/mol. The molecule has 0 fully saturated rings. The number of nitrogens with one attached hydrogen (secondary N) is 2. The highest BCUT2D eigenvalue weighted by atomic mass is 32.2. The molecule has 0 atom stereocenters. The van der Waals surface area contributed by atoms with E-state index in [-0.39, 0.29) is 16.1 Å². The van der Waals surface area contributed by atoms with Crippen molar-refractivity contribution in [1.29, 1.82) is 0 Å². The fourth-order valence-corrected chi connectivity index (χ4v) is 4.29. The summed E-state index contributed by atoms with van der Waals surface area (Å²) in [6.07, 6.45) is 0. The Labute approximate surface area is 203 Å². The molecule has 2 N–H and O–H groups in total. The van der Waals surface area contributed by atoms with Crippen molar-refractivity contribution in [3.63, 3.8) is 0 Å². The standard InChI is InChI=1S/C24H26N2O8S/c1-30-17-8-11-19(20(14-17)31-2)26-35(28,29)18-9-6-16(7-10-18)25-24(27)15-12-21(32-3)23(34-5)22(13-15)33-4/h6-14,26H,1-5H3,(H,25,27). The number of methoxy groups -OCH3 is 5. The van der Waals surface area contributed by atoms with Gasteiger partial charge in [-0.15, -0.1) is 0 Å². The summed E-state index contributed by atoms with van der Waals surface area (Å²) >= 11 is 0. The first-order valence-corrected chi connectivity index (χ1v) is 11.7. The summed E-state index contributed by atoms with van der Waals surface area (Å²) in [5.41, 5.74) is 0.919. The van der Waals surface area contributed by atoms with Gasteiger partial charge in [0.2, 0.25) is 5.75 Å². The Kier molecular flexibility index (Phi) is 7.92. The molecule has 0 bridgehead atoms. The molecule has 0 radical (unpaired) electrons. The minimum atomic E-state index is -3.92. The van der Waals surface area contributed by atoms with Crippen molar-refractivity contribution in [2.45, 2.75) is 4.90 Å². The van der Waals surface area contributed by atoms with Gasteiger partial charge in [0.1, 0.15) is 11.5 Å². The number of carbonyl (C=O) groups excluding carboxylic acids is 1. The molecule has 10 nitrogen and oxygen atoms in total. The van der Waals surface area contributed by atoms with Crippen LogP contribution in [0.3, 0.4) is 0 Å². The van der Waals surface area contributed by atoms with Crippen LogP contribution in [0, 0.1) is 0 Å². The van der Waals surface area contributed by atoms with Crippen molar-refractivity contribution in [2.24, 2.45) is 0 Å². The van der Waals surface area contributed by atoms with E-state index < -0.39 is 15.9 Å². The van der Waals surface area contributed by atoms with E-state index in [1.165, 1.54) is 71.9 Å². The second kappa shape index (κ2) is 10.9. The van der Waals surface area contributed by atoms with Crippen LogP contribution >= 0.6 is 0 Å². The van der Waals surface area contributed by atoms with Crippen molar-refractivity contribution >= 4 is 27.3 Å². The van der Waals surface area contributed by atoms with Gasteiger partial charge in [-0.2, -0.15) is 0 Å². The van der Waals surface area contributed by atoms with Crippen LogP contribution in [-0.4, -0.2) is 49.9 Å². The number of benzene rings is 3. The van der Waals surface area contributed by atoms with Crippen molar-refractivity contribution in [3.8, 4) is 28.7 Å². The largest absolute Gasteiger partial charge is 0.497 e. The predicted molar refractivity (Wildman–Crippen MR) is 131 cm³/mol. The Hall–Kier alpha value is -4.12. The molecule has 0 aliphatic carbocycles. The van der Waals surface area contributed by atoms with Gasteiger partial charge in [0.05, 0.1) is 46.1 Å². The minimum Gasteiger partial charge on any atom is -0.497 e. The summed E-state index contributed by atoms with van der Waals surface area (Å²) in [6, 6.07) is 13.5. The first kappa shape index (κ1) is 25.5. The highest BCUT2D eigenvalue weighted by Crippen LogP contribution is 2.38. The topological polar surface area (TPSA) is 121 Å². The smallest absolute Gasteiger partial charge is 0.262 e. The fourth-order valence-electron chi connectivity index (χ4n) is 3.22. The zero-order chi connectivity index (χ0) is 25.6. The van der Waals surface area contributed by atoms with Crippen molar-refractivity contribution in [2.75, 3.05) is 45.6 Å². The highest BCUT2D eigenvalue weighted by Gasteiger charge is 2.19. The van der Waals surface area contributed by atoms with Gasteiger partial charge >= 0.3 is 0 Å². The van der Waals surface area contributed by atoms with Gasteiger partial charge in [-0.1, -0.05) is 0 Å². The van der Waals surface area contributed by atoms with E-state index in [9.17, 15) is 13.2 Å². The van der Waals surface area contributed by atoms with Crippen LogP contribution in [0.25, 0.3) is 0 Å². The summed E-state index contributed by atoms with van der Waals surface area (Å²) in [6.45, 7) is 0. The van der Waals surface area contributed by atoms with Crippen LogP contribution in [0.2, 0.25) is 0 Å². The molecule has 0 aliphatic heterocycles. The SMILES string of the molecule is COc1ccc(NS(=O)(=O)c2ccc(NC(=O)c3cc(OC)c(OC)c(OC)c3)cc2)c(OC)c1. The molecule has 0 unspecified atom stereocenters. The van der Waals surface area contributed by atoms with E-state index in [4.69, 9.17) is 23.7 Å². The van der Waals surface area contributed by atoms with Crippen LogP contribution in [-0.2, 0) is 10.0 Å². The Bertz CT molecular complexity index is 1280. The zero-order valence-electron chi connectivity index (χ0n) is 19.9. The Morgan fingerprint density at radius 1 is 0.714 bits per heavy atom. The molecule has 0 saturated carbocycles. The highest BCUT2D eigenvalue weighted by molar-refractivity contribution is 7.92. The maximum Gasteiger partial charge on any atom is 0.262 e. The number of anilines is 2. The van der Waals surface area contributed by atoms with Crippen LogP contribution in [0.15, 0.2) is 59.5 Å². The lowest BCUT2D eigenvalue weighted by atomic mass is 10.1. The lowest BCUT2D eigenvalue weighted by Crippen LogP contribution is -2.15. The molecule has 0 spiro atoms. The molecule has 0 aliphatic rings. The Balaban J connectivity index is 1.79. The molecule has 0 aromatic heterocycles. The molecule has 3 aromatic rings. The maximum absolute atomic E-state index is 12.9. The van der Waals surface area contributed by atoms with Gasteiger partial charge in [0.15, 0.2) is 11.5 Å². The fraction of sp³-hybridized carbons (Fsp3) is 0.208. The average Bonchev–Trinajstić information content (AvgIpc) is 2.87. The third kappa shape index (κ3) is 5.69. The van der Waals surface area contributed by atoms with E-state index >= 15 is 0 Å². The van der Waals surface area contributed by atoms with Crippen LogP contribution in [0.1, 0.15) is 10.4 Å². The van der Waals surface area contributed by atoms with Gasteiger partial charge < -0.3 is 29.0 Å². The first-order chi connectivity index (χ1) is 16.8. The number of ether oxygens (including phenoxy) is 5. The van der Waals surface area contributed by atoms with E-state index in [0.29, 0.717) is 34.4 Å². The third-order valence-electron chi connectivity index (χ3n) is 5.00. The number of sulfonamides is 1. The summed E-state index contributed by atoms with van der Waals surface area (Å²) in [5.74, 6) is 1.42. The zero-order valence-corrected chi connectivity index (χ0v) is 20.7. The lowest BCUT2D eigenvalue weighted by Gasteiger charge is -2.14. The monoisotopic (exact) mass is 502 g/mol. The van der Waals surface area contributed by atoms with E-state index in [1.807, 2.05) is 0 Å². The molecule has 3 rings (SSSR count). The molecule has 1 amide bonds. The number of amides is 1. The molecule has 11 heteroatoms. The van der Waals surface area contributed by atoms with Gasteiger partial charge in [0.25, 0.3) is 15.9 Å². The number of carbonyl (C=O) groups is 1. The van der Waals surface area contributed by atoms with Gasteiger partial charge in [-0.05, 0) is 48.5 Å². The Morgan fingerprint density at radius 3 is 1.83 bits per heavy atom. The summed E-state index contributed by atoms with van der Waals surface area (Å²) < 4.78 is 54.4. The van der Waals surface area contributed by atoms with E-state index in [2.05, 4.69) is 10.0 Å². The average molecular weight is 503 g/mol. The van der Waals surface area contributed by atoms with Crippen molar-refractivity contribution in [3.05, 3.63) is 60.2 Å². The van der Waals surface area contributed by atoms with Crippen LogP contribution < -0.4 is 33.7 Å². The third-order valence-corrected chi connectivity index (χ3v) is 6.38. The molecule has 35 heavy (non-hydrogen) atoms. The van der Waals surface area contributed by atoms with Crippen LogP contribution in [0.4, 0.5) is 11.4 Å². The normalized spacial score (nSPS) is 10.8. The minimum absolute atomic E-state index is 0.00107. The molecule has 3 aromatic carbocycles. The maximum atomic E-state index is 12.9. The van der Waals surface area contributed by atoms with Gasteiger partial charge in [-0.3, -0.25) is 9.52 Å². The molecule has 0 heterocycles. The summed E-state index contributed by atoms with van der Waals surface area (Å²) in [5, 5.41) is 2.72. The predicted octanol–water partition coefficient (Wildman–Crippen LogP) is 3.78. The molecule has 0 saturated heterocycles. The quantitative estimate of drug-likeness (QED) is 0.430. The second-order valence-electron chi connectivity index (χ2n) is 7.06. The van der Waals surface area contributed by atoms with E-state index in [0.717, 1.165) is 0 Å². The van der Waals surface area contributed by atoms with Crippen molar-refractivity contribution < 1.29 is 36.9 Å². The van der Waals surface area contributed by atoms with E-state index in [1.54, 1.807) is 18.2 Å². The Morgan fingerprint density at radius 2 is 1.31 bits per heavy atom. The van der Waals surface area contributed by atoms with Crippen molar-refractivity contribution in [1.82, 2.24) is 0 Å². The number of rotatable bonds is 10. The van der Waals surface area contributed by atoms with Gasteiger partial charge in [0, 0.05) is 17.3 Å². The molecular formula is C24H26N2O8S. The number of hydrogen-bond donors (Lipinski definition) is 2. The lowest BCUT2D eigenvalue weighted by molar-refractivity contribution is 0.102. The van der Waals surface area contributed by atoms with Gasteiger partial charge in [-0.25, -0.2) is 8.42 Å². The number of hydrogen-bond acceptors (Lipinski definition) is 8. The molecule has 186 valence electrons. The second-order valence-corrected chi connectivity index (χ2v) is 8.75. The summed E-state index contributed by atoms with van der Waals surface area (Å²) in [7, 11) is 3.38. The summed E-state index contributed by atoms with van der Waals surface area (Å²) in [4.78, 5) is 12.8. The van der Waals surface area contributed by atoms with Crippen LogP contribution in [0.5, 0.6) is 28.7 Å². The first-order valence-electron chi connectivity index (χ1n) is 10.2.